The molecular weight excluding hydrogens is 584 g/mol. The molecule has 0 N–H and O–H groups in total. The summed E-state index contributed by atoms with van der Waals surface area (Å²) in [7, 11) is 0. The van der Waals surface area contributed by atoms with Gasteiger partial charge < -0.3 is 13.7 Å². The van der Waals surface area contributed by atoms with Crippen LogP contribution in [-0.4, -0.2) is 13.7 Å². The number of benzene rings is 7. The first-order chi connectivity index (χ1) is 23.1. The molecular formula is C42H25F2N3. The maximum atomic E-state index is 14.7. The summed E-state index contributed by atoms with van der Waals surface area (Å²) < 4.78 is 36.1. The van der Waals surface area contributed by atoms with E-state index in [1.165, 1.54) is 45.8 Å². The number of rotatable bonds is 3. The lowest BCUT2D eigenvalue weighted by atomic mass is 10.1. The van der Waals surface area contributed by atoms with Crippen molar-refractivity contribution in [1.29, 1.82) is 0 Å². The lowest BCUT2D eigenvalue weighted by Crippen LogP contribution is -2.03. The van der Waals surface area contributed by atoms with Gasteiger partial charge in [0.25, 0.3) is 0 Å². The van der Waals surface area contributed by atoms with Crippen LogP contribution in [0.5, 0.6) is 0 Å². The van der Waals surface area contributed by atoms with E-state index in [1.54, 1.807) is 12.1 Å². The highest BCUT2D eigenvalue weighted by molar-refractivity contribution is 6.12. The lowest BCUT2D eigenvalue weighted by Gasteiger charge is -2.17. The van der Waals surface area contributed by atoms with Crippen molar-refractivity contribution in [3.63, 3.8) is 0 Å². The number of halogens is 2. The van der Waals surface area contributed by atoms with E-state index in [2.05, 4.69) is 129 Å². The van der Waals surface area contributed by atoms with Gasteiger partial charge in [0.1, 0.15) is 11.6 Å². The number of hydrogen-bond acceptors (Lipinski definition) is 0. The largest absolute Gasteiger partial charge is 0.309 e. The highest BCUT2D eigenvalue weighted by Gasteiger charge is 2.20. The first-order valence-corrected chi connectivity index (χ1v) is 15.7. The molecule has 47 heavy (non-hydrogen) atoms. The minimum Gasteiger partial charge on any atom is -0.309 e. The van der Waals surface area contributed by atoms with Crippen LogP contribution < -0.4 is 0 Å². The van der Waals surface area contributed by atoms with Gasteiger partial charge in [-0.15, -0.1) is 0 Å². The first kappa shape index (κ1) is 26.1. The number of nitrogens with zero attached hydrogens (tertiary/aromatic N) is 3. The summed E-state index contributed by atoms with van der Waals surface area (Å²) in [6, 6.07) is 50.1. The molecule has 5 heteroatoms. The summed E-state index contributed by atoms with van der Waals surface area (Å²) in [6.45, 7) is 0. The fourth-order valence-electron chi connectivity index (χ4n) is 7.61. The van der Waals surface area contributed by atoms with Gasteiger partial charge in [0.15, 0.2) is 0 Å². The van der Waals surface area contributed by atoms with Gasteiger partial charge in [-0.25, -0.2) is 8.78 Å². The second-order valence-electron chi connectivity index (χ2n) is 12.1. The molecule has 0 radical (unpaired) electrons. The van der Waals surface area contributed by atoms with Crippen molar-refractivity contribution in [3.8, 4) is 17.1 Å². The summed E-state index contributed by atoms with van der Waals surface area (Å²) in [6.07, 6.45) is 0. The van der Waals surface area contributed by atoms with E-state index in [4.69, 9.17) is 0 Å². The van der Waals surface area contributed by atoms with E-state index in [0.717, 1.165) is 50.2 Å². The molecule has 0 fully saturated rings. The molecule has 222 valence electrons. The standard InChI is InChI=1S/C42H25F2N3/c43-26-17-19-41-35(21-26)36-22-27(44)18-20-42(36)47(41)30-24-28(45-37-13-5-1-9-31(37)32-10-2-6-14-38(32)45)23-29(25-30)46-39-15-7-3-11-33(39)34-12-4-8-16-40(34)46/h1-25H. The fourth-order valence-corrected chi connectivity index (χ4v) is 7.61. The van der Waals surface area contributed by atoms with Gasteiger partial charge in [-0.1, -0.05) is 72.8 Å². The normalized spacial score (nSPS) is 12.0. The molecule has 10 rings (SSSR count). The monoisotopic (exact) mass is 609 g/mol. The van der Waals surface area contributed by atoms with E-state index in [-0.39, 0.29) is 11.6 Å². The first-order valence-electron chi connectivity index (χ1n) is 15.7. The zero-order valence-corrected chi connectivity index (χ0v) is 25.0. The van der Waals surface area contributed by atoms with E-state index in [0.29, 0.717) is 10.8 Å². The molecule has 3 aromatic heterocycles. The zero-order chi connectivity index (χ0) is 31.2. The molecule has 0 aliphatic rings. The van der Waals surface area contributed by atoms with Gasteiger partial charge in [-0.2, -0.15) is 0 Å². The Balaban J connectivity index is 1.38. The number of fused-ring (bicyclic) bond motifs is 9. The van der Waals surface area contributed by atoms with Crippen LogP contribution in [0.15, 0.2) is 152 Å². The molecule has 0 saturated carbocycles. The Kier molecular flexibility index (Phi) is 5.35. The predicted molar refractivity (Wildman–Crippen MR) is 189 cm³/mol. The number of aromatic nitrogens is 3. The average molecular weight is 610 g/mol. The van der Waals surface area contributed by atoms with Crippen molar-refractivity contribution in [2.24, 2.45) is 0 Å². The molecule has 7 aromatic carbocycles. The zero-order valence-electron chi connectivity index (χ0n) is 25.0. The number of para-hydroxylation sites is 4. The molecule has 0 saturated heterocycles. The van der Waals surface area contributed by atoms with Crippen molar-refractivity contribution in [1.82, 2.24) is 13.7 Å². The van der Waals surface area contributed by atoms with E-state index in [1.807, 2.05) is 0 Å². The maximum absolute atomic E-state index is 14.7. The second-order valence-corrected chi connectivity index (χ2v) is 12.1. The molecule has 0 aliphatic carbocycles. The van der Waals surface area contributed by atoms with Crippen LogP contribution >= 0.6 is 0 Å². The van der Waals surface area contributed by atoms with Crippen LogP contribution in [0.1, 0.15) is 0 Å². The Morgan fingerprint density at radius 2 is 0.553 bits per heavy atom. The maximum Gasteiger partial charge on any atom is 0.123 e. The van der Waals surface area contributed by atoms with E-state index in [9.17, 15) is 8.78 Å². The summed E-state index contributed by atoms with van der Waals surface area (Å²) in [5.74, 6) is -0.711. The Labute approximate surface area is 267 Å². The van der Waals surface area contributed by atoms with Crippen molar-refractivity contribution < 1.29 is 8.78 Å². The van der Waals surface area contributed by atoms with Gasteiger partial charge in [-0.05, 0) is 78.9 Å². The molecule has 3 nitrogen and oxygen atoms in total. The summed E-state index contributed by atoms with van der Waals surface area (Å²) in [4.78, 5) is 0. The van der Waals surface area contributed by atoms with Gasteiger partial charge >= 0.3 is 0 Å². The van der Waals surface area contributed by atoms with Gasteiger partial charge in [0, 0.05) is 32.3 Å². The van der Waals surface area contributed by atoms with Crippen molar-refractivity contribution in [3.05, 3.63) is 163 Å². The molecule has 0 amide bonds. The Morgan fingerprint density at radius 3 is 0.872 bits per heavy atom. The summed E-state index contributed by atoms with van der Waals surface area (Å²) >= 11 is 0. The SMILES string of the molecule is Fc1ccc2c(c1)c1cc(F)ccc1n2-c1cc(-n2c3ccccc3c3ccccc32)cc(-n2c3ccccc3c3ccccc32)c1. The Morgan fingerprint density at radius 1 is 0.277 bits per heavy atom. The smallest absolute Gasteiger partial charge is 0.123 e. The molecule has 0 bridgehead atoms. The molecule has 3 heterocycles. The fraction of sp³-hybridized carbons (Fsp3) is 0. The minimum absolute atomic E-state index is 0.356. The molecule has 10 aromatic rings. The van der Waals surface area contributed by atoms with E-state index >= 15 is 0 Å². The topological polar surface area (TPSA) is 14.8 Å². The summed E-state index contributed by atoms with van der Waals surface area (Å²) in [5, 5.41) is 6.04. The van der Waals surface area contributed by atoms with Gasteiger partial charge in [0.05, 0.1) is 50.2 Å². The minimum atomic E-state index is -0.356. The van der Waals surface area contributed by atoms with Gasteiger partial charge in [0.2, 0.25) is 0 Å². The highest BCUT2D eigenvalue weighted by Crippen LogP contribution is 2.39. The van der Waals surface area contributed by atoms with Crippen LogP contribution in [0.4, 0.5) is 8.78 Å². The van der Waals surface area contributed by atoms with Crippen molar-refractivity contribution >= 4 is 65.4 Å². The van der Waals surface area contributed by atoms with Crippen LogP contribution in [0.3, 0.4) is 0 Å². The lowest BCUT2D eigenvalue weighted by molar-refractivity contribution is 0.628. The van der Waals surface area contributed by atoms with Gasteiger partial charge in [-0.3, -0.25) is 0 Å². The van der Waals surface area contributed by atoms with Crippen LogP contribution in [-0.2, 0) is 0 Å². The molecule has 0 atom stereocenters. The quantitative estimate of drug-likeness (QED) is 0.189. The highest BCUT2D eigenvalue weighted by atomic mass is 19.1. The molecule has 0 aliphatic heterocycles. The molecule has 0 unspecified atom stereocenters. The third kappa shape index (κ3) is 3.71. The van der Waals surface area contributed by atoms with Crippen LogP contribution in [0.2, 0.25) is 0 Å². The third-order valence-corrected chi connectivity index (χ3v) is 9.51. The Hall–Kier alpha value is -6.20. The third-order valence-electron chi connectivity index (χ3n) is 9.51. The van der Waals surface area contributed by atoms with Crippen LogP contribution in [0.25, 0.3) is 82.5 Å². The summed E-state index contributed by atoms with van der Waals surface area (Å²) in [5.41, 5.74) is 8.87. The number of hydrogen-bond donors (Lipinski definition) is 0. The van der Waals surface area contributed by atoms with Crippen LogP contribution in [0, 0.1) is 11.6 Å². The van der Waals surface area contributed by atoms with Crippen molar-refractivity contribution in [2.45, 2.75) is 0 Å². The molecule has 0 spiro atoms. The Bertz CT molecular complexity index is 2590. The van der Waals surface area contributed by atoms with E-state index < -0.39 is 0 Å². The average Bonchev–Trinajstić information content (AvgIpc) is 3.73. The second kappa shape index (κ2) is 9.65. The van der Waals surface area contributed by atoms with Crippen molar-refractivity contribution in [2.75, 3.05) is 0 Å². The predicted octanol–water partition coefficient (Wildman–Crippen LogP) is 11.3.